The molecule has 3 rings (SSSR count). The summed E-state index contributed by atoms with van der Waals surface area (Å²) in [4.78, 5) is 18.5. The lowest BCUT2D eigenvalue weighted by molar-refractivity contribution is 0.0685. The number of rotatable bonds is 8. The smallest absolute Gasteiger partial charge is 0.254 e. The largest absolute Gasteiger partial charge is 0.395 e. The van der Waals surface area contributed by atoms with E-state index in [0.717, 1.165) is 21.8 Å². The number of amides is 1. The molecular formula is C21H21FN2O3S. The average molecular weight is 400 g/mol. The Hall–Kier alpha value is -2.61. The van der Waals surface area contributed by atoms with Crippen molar-refractivity contribution in [2.45, 2.75) is 6.42 Å². The van der Waals surface area contributed by atoms with Crippen molar-refractivity contribution < 1.29 is 19.4 Å². The molecular weight excluding hydrogens is 379 g/mol. The molecule has 0 radical (unpaired) electrons. The van der Waals surface area contributed by atoms with Gasteiger partial charge in [0, 0.05) is 36.0 Å². The van der Waals surface area contributed by atoms with Crippen LogP contribution >= 0.6 is 11.3 Å². The van der Waals surface area contributed by atoms with Crippen LogP contribution in [0.4, 0.5) is 4.39 Å². The van der Waals surface area contributed by atoms with Gasteiger partial charge in [0.15, 0.2) is 0 Å². The molecule has 1 amide bonds. The van der Waals surface area contributed by atoms with E-state index in [1.54, 1.807) is 24.3 Å². The molecule has 7 heteroatoms. The summed E-state index contributed by atoms with van der Waals surface area (Å²) in [6.45, 7) is 0.0545. The number of benzene rings is 2. The first-order valence-electron chi connectivity index (χ1n) is 8.91. The van der Waals surface area contributed by atoms with Gasteiger partial charge in [-0.3, -0.25) is 4.79 Å². The minimum Gasteiger partial charge on any atom is -0.395 e. The number of aliphatic hydroxyl groups excluding tert-OH is 2. The Bertz CT molecular complexity index is 904. The second kappa shape index (κ2) is 9.54. The van der Waals surface area contributed by atoms with Crippen LogP contribution in [-0.2, 0) is 6.42 Å². The third-order valence-electron chi connectivity index (χ3n) is 4.28. The number of carbonyl (C=O) groups is 1. The molecule has 2 N–H and O–H groups in total. The molecule has 28 heavy (non-hydrogen) atoms. The van der Waals surface area contributed by atoms with Gasteiger partial charge in [0.2, 0.25) is 0 Å². The molecule has 0 aliphatic rings. The van der Waals surface area contributed by atoms with Crippen LogP contribution in [0.5, 0.6) is 0 Å². The van der Waals surface area contributed by atoms with E-state index in [9.17, 15) is 9.18 Å². The second-order valence-corrected chi connectivity index (χ2v) is 7.19. The summed E-state index contributed by atoms with van der Waals surface area (Å²) < 4.78 is 13.0. The topological polar surface area (TPSA) is 73.7 Å². The van der Waals surface area contributed by atoms with Crippen molar-refractivity contribution >= 4 is 17.2 Å². The van der Waals surface area contributed by atoms with Gasteiger partial charge in [0.05, 0.1) is 23.9 Å². The first-order chi connectivity index (χ1) is 13.6. The van der Waals surface area contributed by atoms with Gasteiger partial charge in [-0.1, -0.05) is 24.3 Å². The summed E-state index contributed by atoms with van der Waals surface area (Å²) in [5.41, 5.74) is 3.21. The number of aromatic nitrogens is 1. The van der Waals surface area contributed by atoms with Crippen molar-refractivity contribution in [1.29, 1.82) is 0 Å². The lowest BCUT2D eigenvalue weighted by Gasteiger charge is -2.20. The average Bonchev–Trinajstić information content (AvgIpc) is 3.18. The lowest BCUT2D eigenvalue weighted by Crippen LogP contribution is -2.35. The minimum atomic E-state index is -0.255. The van der Waals surface area contributed by atoms with Crippen LogP contribution < -0.4 is 0 Å². The fourth-order valence-corrected chi connectivity index (χ4v) is 3.66. The van der Waals surface area contributed by atoms with Crippen molar-refractivity contribution in [1.82, 2.24) is 9.88 Å². The van der Waals surface area contributed by atoms with Gasteiger partial charge in [-0.15, -0.1) is 11.3 Å². The lowest BCUT2D eigenvalue weighted by atomic mass is 10.1. The highest BCUT2D eigenvalue weighted by Gasteiger charge is 2.15. The predicted octanol–water partition coefficient (Wildman–Crippen LogP) is 2.97. The maximum atomic E-state index is 13.0. The summed E-state index contributed by atoms with van der Waals surface area (Å²) >= 11 is 1.54. The van der Waals surface area contributed by atoms with Crippen molar-refractivity contribution in [2.24, 2.45) is 0 Å². The molecule has 2 aromatic carbocycles. The zero-order valence-corrected chi connectivity index (χ0v) is 16.0. The van der Waals surface area contributed by atoms with Crippen molar-refractivity contribution in [3.05, 3.63) is 75.9 Å². The van der Waals surface area contributed by atoms with Gasteiger partial charge < -0.3 is 15.1 Å². The van der Waals surface area contributed by atoms with E-state index in [1.807, 2.05) is 17.5 Å². The number of hydrogen-bond acceptors (Lipinski definition) is 5. The van der Waals surface area contributed by atoms with Gasteiger partial charge in [-0.2, -0.15) is 0 Å². The molecule has 0 unspecified atom stereocenters. The Morgan fingerprint density at radius 1 is 1.00 bits per heavy atom. The van der Waals surface area contributed by atoms with Gasteiger partial charge >= 0.3 is 0 Å². The molecule has 0 fully saturated rings. The number of nitrogens with zero attached hydrogens (tertiary/aromatic N) is 2. The highest BCUT2D eigenvalue weighted by molar-refractivity contribution is 7.10. The van der Waals surface area contributed by atoms with E-state index in [2.05, 4.69) is 4.98 Å². The van der Waals surface area contributed by atoms with Crippen LogP contribution in [0, 0.1) is 5.82 Å². The molecule has 0 saturated heterocycles. The quantitative estimate of drug-likeness (QED) is 0.610. The van der Waals surface area contributed by atoms with Crippen LogP contribution in [0.1, 0.15) is 20.9 Å². The van der Waals surface area contributed by atoms with Gasteiger partial charge in [0.1, 0.15) is 5.82 Å². The summed E-state index contributed by atoms with van der Waals surface area (Å²) in [5, 5.41) is 21.0. The third-order valence-corrected chi connectivity index (χ3v) is 5.12. The zero-order valence-electron chi connectivity index (χ0n) is 15.2. The van der Waals surface area contributed by atoms with E-state index in [1.165, 1.54) is 28.4 Å². The molecule has 3 aromatic rings. The minimum absolute atomic E-state index is 0.153. The van der Waals surface area contributed by atoms with Crippen LogP contribution in [0.3, 0.4) is 0 Å². The summed E-state index contributed by atoms with van der Waals surface area (Å²) in [6, 6.07) is 13.5. The van der Waals surface area contributed by atoms with E-state index < -0.39 is 0 Å². The first-order valence-corrected chi connectivity index (χ1v) is 9.79. The predicted molar refractivity (Wildman–Crippen MR) is 107 cm³/mol. The molecule has 0 bridgehead atoms. The van der Waals surface area contributed by atoms with Crippen LogP contribution in [-0.4, -0.2) is 52.3 Å². The monoisotopic (exact) mass is 400 g/mol. The molecule has 0 aliphatic heterocycles. The highest BCUT2D eigenvalue weighted by Crippen LogP contribution is 2.24. The number of carbonyl (C=O) groups excluding carboxylic acids is 1. The number of thiazole rings is 1. The zero-order chi connectivity index (χ0) is 19.9. The summed E-state index contributed by atoms with van der Waals surface area (Å²) in [5.74, 6) is -0.486. The SMILES string of the molecule is O=C(c1ccc(-c2csc(Cc3ccc(F)cc3)n2)cc1)N(CCO)CCO. The molecule has 146 valence electrons. The third kappa shape index (κ3) is 5.01. The number of halogens is 1. The molecule has 1 heterocycles. The maximum Gasteiger partial charge on any atom is 0.254 e. The van der Waals surface area contributed by atoms with E-state index in [4.69, 9.17) is 10.2 Å². The first kappa shape index (κ1) is 20.1. The fourth-order valence-electron chi connectivity index (χ4n) is 2.82. The fraction of sp³-hybridized carbons (Fsp3) is 0.238. The molecule has 5 nitrogen and oxygen atoms in total. The number of aliphatic hydroxyl groups is 2. The molecule has 0 atom stereocenters. The standard InChI is InChI=1S/C21H21FN2O3S/c22-18-7-1-15(2-8-18)13-20-23-19(14-28-20)16-3-5-17(6-4-16)21(27)24(9-11-25)10-12-26/h1-8,14,25-26H,9-13H2. The van der Waals surface area contributed by atoms with Crippen molar-refractivity contribution in [3.63, 3.8) is 0 Å². The normalized spacial score (nSPS) is 10.8. The van der Waals surface area contributed by atoms with Crippen molar-refractivity contribution in [3.8, 4) is 11.3 Å². The van der Waals surface area contributed by atoms with Gasteiger partial charge in [0.25, 0.3) is 5.91 Å². The Morgan fingerprint density at radius 3 is 2.25 bits per heavy atom. The van der Waals surface area contributed by atoms with Gasteiger partial charge in [-0.25, -0.2) is 9.37 Å². The van der Waals surface area contributed by atoms with Gasteiger partial charge in [-0.05, 0) is 29.8 Å². The summed E-state index contributed by atoms with van der Waals surface area (Å²) in [6.07, 6.45) is 0.638. The Balaban J connectivity index is 1.70. The molecule has 0 aliphatic carbocycles. The Kier molecular flexibility index (Phi) is 6.86. The number of hydrogen-bond donors (Lipinski definition) is 2. The Labute approximate surface area is 166 Å². The molecule has 0 saturated carbocycles. The Morgan fingerprint density at radius 2 is 1.64 bits per heavy atom. The van der Waals surface area contributed by atoms with E-state index in [-0.39, 0.29) is 38.0 Å². The maximum absolute atomic E-state index is 13.0. The molecule has 1 aromatic heterocycles. The van der Waals surface area contributed by atoms with E-state index >= 15 is 0 Å². The highest BCUT2D eigenvalue weighted by atomic mass is 32.1. The van der Waals surface area contributed by atoms with E-state index in [0.29, 0.717) is 12.0 Å². The van der Waals surface area contributed by atoms with Crippen LogP contribution in [0.2, 0.25) is 0 Å². The second-order valence-electron chi connectivity index (χ2n) is 6.25. The van der Waals surface area contributed by atoms with Crippen molar-refractivity contribution in [2.75, 3.05) is 26.3 Å². The molecule has 0 spiro atoms. The van der Waals surface area contributed by atoms with Crippen LogP contribution in [0.15, 0.2) is 53.9 Å². The van der Waals surface area contributed by atoms with Crippen LogP contribution in [0.25, 0.3) is 11.3 Å². The summed E-state index contributed by atoms with van der Waals surface area (Å²) in [7, 11) is 0.